The molecule has 2 aliphatic rings. The molecule has 0 spiro atoms. The van der Waals surface area contributed by atoms with Gasteiger partial charge in [0.05, 0.1) is 0 Å². The van der Waals surface area contributed by atoms with E-state index in [1.807, 2.05) is 0 Å². The van der Waals surface area contributed by atoms with Crippen molar-refractivity contribution in [1.29, 1.82) is 0 Å². The third-order valence-corrected chi connectivity index (χ3v) is 3.26. The SMILES string of the molecule is C[C@@H]1C2C=CC(C2)[C@H]1CO. The van der Waals surface area contributed by atoms with E-state index in [-0.39, 0.29) is 0 Å². The van der Waals surface area contributed by atoms with Gasteiger partial charge < -0.3 is 5.11 Å². The van der Waals surface area contributed by atoms with Crippen LogP contribution in [0.25, 0.3) is 0 Å². The number of aliphatic hydroxyl groups is 1. The molecule has 0 aromatic rings. The molecule has 56 valence electrons. The van der Waals surface area contributed by atoms with Crippen LogP contribution in [0.3, 0.4) is 0 Å². The Kier molecular flexibility index (Phi) is 1.34. The van der Waals surface area contributed by atoms with Gasteiger partial charge in [-0.2, -0.15) is 0 Å². The molecule has 0 amide bonds. The van der Waals surface area contributed by atoms with Crippen LogP contribution in [0.1, 0.15) is 13.3 Å². The normalized spacial score (nSPS) is 50.6. The van der Waals surface area contributed by atoms with Gasteiger partial charge in [-0.3, -0.25) is 0 Å². The van der Waals surface area contributed by atoms with Gasteiger partial charge in [0, 0.05) is 6.61 Å². The second kappa shape index (κ2) is 2.09. The second-order valence-corrected chi connectivity index (χ2v) is 3.65. The Labute approximate surface area is 61.8 Å². The minimum atomic E-state index is 0.382. The van der Waals surface area contributed by atoms with E-state index in [9.17, 15) is 0 Å². The lowest BCUT2D eigenvalue weighted by Gasteiger charge is -2.21. The number of aliphatic hydroxyl groups excluding tert-OH is 1. The molecule has 2 rings (SSSR count). The van der Waals surface area contributed by atoms with E-state index in [1.165, 1.54) is 6.42 Å². The quantitative estimate of drug-likeness (QED) is 0.543. The first-order chi connectivity index (χ1) is 4.83. The summed E-state index contributed by atoms with van der Waals surface area (Å²) in [5.74, 6) is 2.77. The predicted octanol–water partition coefficient (Wildman–Crippen LogP) is 1.44. The lowest BCUT2D eigenvalue weighted by atomic mass is 9.85. The van der Waals surface area contributed by atoms with Crippen molar-refractivity contribution >= 4 is 0 Å². The lowest BCUT2D eigenvalue weighted by molar-refractivity contribution is 0.172. The molecular formula is C9H14O. The van der Waals surface area contributed by atoms with Crippen LogP contribution in [0.2, 0.25) is 0 Å². The highest BCUT2D eigenvalue weighted by molar-refractivity contribution is 5.12. The van der Waals surface area contributed by atoms with E-state index in [0.717, 1.165) is 11.8 Å². The standard InChI is InChI=1S/C9H14O/c1-6-7-2-3-8(4-7)9(6)5-10/h2-3,6-10H,4-5H2,1H3/t6-,7?,8?,9+/m1/s1. The van der Waals surface area contributed by atoms with Gasteiger partial charge >= 0.3 is 0 Å². The van der Waals surface area contributed by atoms with E-state index in [2.05, 4.69) is 19.1 Å². The Morgan fingerprint density at radius 1 is 1.40 bits per heavy atom. The number of hydrogen-bond donors (Lipinski definition) is 1. The maximum Gasteiger partial charge on any atom is 0.0467 e. The van der Waals surface area contributed by atoms with Crippen LogP contribution in [-0.4, -0.2) is 11.7 Å². The van der Waals surface area contributed by atoms with E-state index in [1.54, 1.807) is 0 Å². The summed E-state index contributed by atoms with van der Waals surface area (Å²) in [7, 11) is 0. The smallest absolute Gasteiger partial charge is 0.0467 e. The summed E-state index contributed by atoms with van der Waals surface area (Å²) in [4.78, 5) is 0. The van der Waals surface area contributed by atoms with Crippen LogP contribution in [0.5, 0.6) is 0 Å². The zero-order chi connectivity index (χ0) is 7.14. The van der Waals surface area contributed by atoms with E-state index in [0.29, 0.717) is 18.4 Å². The summed E-state index contributed by atoms with van der Waals surface area (Å²) in [6.07, 6.45) is 5.90. The first kappa shape index (κ1) is 6.41. The molecule has 0 radical (unpaired) electrons. The van der Waals surface area contributed by atoms with Crippen LogP contribution >= 0.6 is 0 Å². The fourth-order valence-electron chi connectivity index (χ4n) is 2.47. The summed E-state index contributed by atoms with van der Waals surface area (Å²) in [5.41, 5.74) is 0. The molecule has 0 saturated heterocycles. The molecule has 1 N–H and O–H groups in total. The third-order valence-electron chi connectivity index (χ3n) is 3.26. The highest BCUT2D eigenvalue weighted by atomic mass is 16.3. The molecule has 0 aliphatic heterocycles. The highest BCUT2D eigenvalue weighted by Gasteiger charge is 2.40. The molecule has 0 aromatic heterocycles. The molecule has 0 aromatic carbocycles. The van der Waals surface area contributed by atoms with Gasteiger partial charge in [-0.25, -0.2) is 0 Å². The maximum absolute atomic E-state index is 9.02. The van der Waals surface area contributed by atoms with Gasteiger partial charge in [0.15, 0.2) is 0 Å². The summed E-state index contributed by atoms with van der Waals surface area (Å²) >= 11 is 0. The minimum Gasteiger partial charge on any atom is -0.396 e. The van der Waals surface area contributed by atoms with Crippen LogP contribution in [0, 0.1) is 23.7 Å². The summed E-state index contributed by atoms with van der Waals surface area (Å²) < 4.78 is 0. The van der Waals surface area contributed by atoms with Crippen molar-refractivity contribution in [3.05, 3.63) is 12.2 Å². The molecule has 1 heteroatoms. The Morgan fingerprint density at radius 3 is 2.50 bits per heavy atom. The van der Waals surface area contributed by atoms with Gasteiger partial charge in [-0.05, 0) is 30.1 Å². The van der Waals surface area contributed by atoms with Crippen molar-refractivity contribution in [2.75, 3.05) is 6.61 Å². The van der Waals surface area contributed by atoms with Crippen molar-refractivity contribution in [2.45, 2.75) is 13.3 Å². The van der Waals surface area contributed by atoms with Gasteiger partial charge in [0.25, 0.3) is 0 Å². The fourth-order valence-corrected chi connectivity index (χ4v) is 2.47. The highest BCUT2D eigenvalue weighted by Crippen LogP contribution is 2.47. The number of hydrogen-bond acceptors (Lipinski definition) is 1. The lowest BCUT2D eigenvalue weighted by Crippen LogP contribution is -2.19. The second-order valence-electron chi connectivity index (χ2n) is 3.65. The van der Waals surface area contributed by atoms with E-state index < -0.39 is 0 Å². The zero-order valence-electron chi connectivity index (χ0n) is 6.33. The van der Waals surface area contributed by atoms with Crippen molar-refractivity contribution in [2.24, 2.45) is 23.7 Å². The molecule has 2 bridgehead atoms. The van der Waals surface area contributed by atoms with Gasteiger partial charge in [0.1, 0.15) is 0 Å². The molecule has 10 heavy (non-hydrogen) atoms. The number of allylic oxidation sites excluding steroid dienone is 2. The topological polar surface area (TPSA) is 20.2 Å². The van der Waals surface area contributed by atoms with Crippen molar-refractivity contribution < 1.29 is 5.11 Å². The Morgan fingerprint density at radius 2 is 2.10 bits per heavy atom. The molecule has 4 atom stereocenters. The monoisotopic (exact) mass is 138 g/mol. The minimum absolute atomic E-state index is 0.382. The van der Waals surface area contributed by atoms with Crippen molar-refractivity contribution in [3.63, 3.8) is 0 Å². The summed E-state index contributed by atoms with van der Waals surface area (Å²) in [6, 6.07) is 0. The van der Waals surface area contributed by atoms with Crippen LogP contribution in [0.4, 0.5) is 0 Å². The summed E-state index contributed by atoms with van der Waals surface area (Å²) in [5, 5.41) is 9.02. The van der Waals surface area contributed by atoms with Crippen LogP contribution in [0.15, 0.2) is 12.2 Å². The first-order valence-corrected chi connectivity index (χ1v) is 4.12. The number of fused-ring (bicyclic) bond motifs is 2. The Hall–Kier alpha value is -0.300. The largest absolute Gasteiger partial charge is 0.396 e. The average molecular weight is 138 g/mol. The molecule has 2 aliphatic carbocycles. The molecule has 1 fully saturated rings. The van der Waals surface area contributed by atoms with Crippen molar-refractivity contribution in [3.8, 4) is 0 Å². The maximum atomic E-state index is 9.02. The molecule has 2 unspecified atom stereocenters. The van der Waals surface area contributed by atoms with Gasteiger partial charge in [0.2, 0.25) is 0 Å². The molecular weight excluding hydrogens is 124 g/mol. The first-order valence-electron chi connectivity index (χ1n) is 4.12. The average Bonchev–Trinajstić information content (AvgIpc) is 2.46. The molecule has 1 saturated carbocycles. The molecule has 1 nitrogen and oxygen atoms in total. The van der Waals surface area contributed by atoms with Crippen molar-refractivity contribution in [1.82, 2.24) is 0 Å². The van der Waals surface area contributed by atoms with E-state index in [4.69, 9.17) is 5.11 Å². The molecule has 0 heterocycles. The third kappa shape index (κ3) is 0.671. The van der Waals surface area contributed by atoms with Gasteiger partial charge in [-0.15, -0.1) is 0 Å². The van der Waals surface area contributed by atoms with Gasteiger partial charge in [-0.1, -0.05) is 19.1 Å². The summed E-state index contributed by atoms with van der Waals surface area (Å²) in [6.45, 7) is 2.64. The van der Waals surface area contributed by atoms with E-state index >= 15 is 0 Å². The fraction of sp³-hybridized carbons (Fsp3) is 0.778. The predicted molar refractivity (Wildman–Crippen MR) is 40.5 cm³/mol. The Bertz CT molecular complexity index is 162. The zero-order valence-corrected chi connectivity index (χ0v) is 6.33. The Balaban J connectivity index is 2.18. The van der Waals surface area contributed by atoms with Crippen LogP contribution in [-0.2, 0) is 0 Å². The number of rotatable bonds is 1. The van der Waals surface area contributed by atoms with Crippen LogP contribution < -0.4 is 0 Å².